The van der Waals surface area contributed by atoms with Crippen LogP contribution in [-0.4, -0.2) is 0 Å². The van der Waals surface area contributed by atoms with Crippen molar-refractivity contribution in [1.29, 1.82) is 0 Å². The quantitative estimate of drug-likeness (QED) is 0.654. The fourth-order valence-electron chi connectivity index (χ4n) is 2.33. The Morgan fingerprint density at radius 2 is 1.70 bits per heavy atom. The maximum Gasteiger partial charge on any atom is 0.0518 e. The Morgan fingerprint density at radius 3 is 2.30 bits per heavy atom. The average molecular weight is 379 g/mol. The lowest BCUT2D eigenvalue weighted by molar-refractivity contribution is 0.352. The second kappa shape index (κ2) is 6.61. The van der Waals surface area contributed by atoms with E-state index in [1.165, 1.54) is 14.8 Å². The first-order valence-corrected chi connectivity index (χ1v) is 8.09. The molecule has 0 amide bonds. The van der Waals surface area contributed by atoms with Crippen LogP contribution in [0.25, 0.3) is 0 Å². The highest BCUT2D eigenvalue weighted by atomic mass is 127. The van der Waals surface area contributed by atoms with Gasteiger partial charge in [0, 0.05) is 9.26 Å². The topological polar surface area (TPSA) is 12.0 Å². The van der Waals surface area contributed by atoms with E-state index in [0.717, 1.165) is 6.42 Å². The van der Waals surface area contributed by atoms with Crippen LogP contribution in [0.15, 0.2) is 54.6 Å². The van der Waals surface area contributed by atoms with Gasteiger partial charge in [-0.1, -0.05) is 57.2 Å². The molecule has 2 rings (SSSR count). The third-order valence-electron chi connectivity index (χ3n) is 3.18. The van der Waals surface area contributed by atoms with E-state index in [-0.39, 0.29) is 5.41 Å². The number of hydrogen-bond donors (Lipinski definition) is 1. The summed E-state index contributed by atoms with van der Waals surface area (Å²) in [6.07, 6.45) is 1.10. The van der Waals surface area contributed by atoms with Crippen LogP contribution in [0, 0.1) is 8.99 Å². The van der Waals surface area contributed by atoms with E-state index >= 15 is 0 Å². The third-order valence-corrected chi connectivity index (χ3v) is 3.85. The molecule has 1 atom stereocenters. The van der Waals surface area contributed by atoms with Crippen LogP contribution in [0.2, 0.25) is 0 Å². The molecule has 20 heavy (non-hydrogen) atoms. The molecule has 0 aromatic heterocycles. The third kappa shape index (κ3) is 4.82. The Morgan fingerprint density at radius 1 is 1.00 bits per heavy atom. The van der Waals surface area contributed by atoms with Gasteiger partial charge in [0.2, 0.25) is 0 Å². The van der Waals surface area contributed by atoms with E-state index in [9.17, 15) is 0 Å². The Hall–Kier alpha value is -1.03. The molecule has 0 bridgehead atoms. The molecular formula is C18H22IN. The molecule has 2 aromatic rings. The predicted octanol–water partition coefficient (Wildman–Crippen LogP) is 5.88. The van der Waals surface area contributed by atoms with Crippen molar-refractivity contribution >= 4 is 28.3 Å². The summed E-state index contributed by atoms with van der Waals surface area (Å²) in [7, 11) is 0. The van der Waals surface area contributed by atoms with Crippen LogP contribution in [0.5, 0.6) is 0 Å². The van der Waals surface area contributed by atoms with Gasteiger partial charge in [0.1, 0.15) is 0 Å². The Balaban J connectivity index is 2.23. The fourth-order valence-corrected chi connectivity index (χ4v) is 2.87. The van der Waals surface area contributed by atoms with Crippen LogP contribution in [0.4, 0.5) is 5.69 Å². The first kappa shape index (κ1) is 15.4. The predicted molar refractivity (Wildman–Crippen MR) is 96.0 cm³/mol. The molecule has 1 unspecified atom stereocenters. The van der Waals surface area contributed by atoms with E-state index in [2.05, 4.69) is 103 Å². The molecule has 0 radical (unpaired) electrons. The van der Waals surface area contributed by atoms with Crippen LogP contribution in [-0.2, 0) is 0 Å². The van der Waals surface area contributed by atoms with E-state index in [1.54, 1.807) is 0 Å². The van der Waals surface area contributed by atoms with Crippen LogP contribution in [0.1, 0.15) is 38.8 Å². The number of halogens is 1. The van der Waals surface area contributed by atoms with Crippen molar-refractivity contribution < 1.29 is 0 Å². The van der Waals surface area contributed by atoms with Gasteiger partial charge in [-0.25, -0.2) is 0 Å². The number of rotatable bonds is 4. The van der Waals surface area contributed by atoms with Crippen molar-refractivity contribution in [2.24, 2.45) is 5.41 Å². The monoisotopic (exact) mass is 379 g/mol. The number of nitrogens with one attached hydrogen (secondary N) is 1. The molecule has 0 heterocycles. The molecule has 0 aliphatic carbocycles. The molecular weight excluding hydrogens is 357 g/mol. The number of benzene rings is 2. The molecule has 0 aliphatic rings. The standard InChI is InChI=1S/C18H22IN/c1-18(2,3)13-17(14-8-5-4-6-9-14)20-16-11-7-10-15(19)12-16/h4-12,17,20H,13H2,1-3H3. The zero-order valence-corrected chi connectivity index (χ0v) is 14.5. The van der Waals surface area contributed by atoms with Gasteiger partial charge in [0.25, 0.3) is 0 Å². The second-order valence-electron chi connectivity index (χ2n) is 6.38. The molecule has 0 aliphatic heterocycles. The highest BCUT2D eigenvalue weighted by Gasteiger charge is 2.20. The van der Waals surface area contributed by atoms with Crippen molar-refractivity contribution in [2.75, 3.05) is 5.32 Å². The minimum atomic E-state index is 0.287. The molecule has 0 saturated heterocycles. The lowest BCUT2D eigenvalue weighted by Gasteiger charge is -2.28. The summed E-state index contributed by atoms with van der Waals surface area (Å²) in [6, 6.07) is 19.6. The summed E-state index contributed by atoms with van der Waals surface area (Å²) in [4.78, 5) is 0. The first-order chi connectivity index (χ1) is 9.44. The fraction of sp³-hybridized carbons (Fsp3) is 0.333. The van der Waals surface area contributed by atoms with Gasteiger partial charge in [-0.15, -0.1) is 0 Å². The summed E-state index contributed by atoms with van der Waals surface area (Å²) >= 11 is 2.36. The summed E-state index contributed by atoms with van der Waals surface area (Å²) in [5.41, 5.74) is 2.83. The molecule has 106 valence electrons. The minimum absolute atomic E-state index is 0.287. The Labute approximate surface area is 135 Å². The molecule has 0 fully saturated rings. The normalized spacial score (nSPS) is 13.0. The SMILES string of the molecule is CC(C)(C)CC(Nc1cccc(I)c1)c1ccccc1. The van der Waals surface area contributed by atoms with E-state index in [1.807, 2.05) is 0 Å². The zero-order valence-electron chi connectivity index (χ0n) is 12.4. The molecule has 1 N–H and O–H groups in total. The molecule has 0 spiro atoms. The lowest BCUT2D eigenvalue weighted by atomic mass is 9.85. The molecule has 0 saturated carbocycles. The minimum Gasteiger partial charge on any atom is -0.378 e. The molecule has 1 nitrogen and oxygen atoms in total. The molecule has 2 aromatic carbocycles. The van der Waals surface area contributed by atoms with E-state index in [0.29, 0.717) is 6.04 Å². The van der Waals surface area contributed by atoms with Crippen molar-refractivity contribution in [1.82, 2.24) is 0 Å². The van der Waals surface area contributed by atoms with Crippen LogP contribution < -0.4 is 5.32 Å². The Kier molecular flexibility index (Phi) is 5.08. The van der Waals surface area contributed by atoms with Gasteiger partial charge < -0.3 is 5.32 Å². The average Bonchev–Trinajstić information content (AvgIpc) is 2.37. The van der Waals surface area contributed by atoms with Crippen LogP contribution in [0.3, 0.4) is 0 Å². The first-order valence-electron chi connectivity index (χ1n) is 7.01. The van der Waals surface area contributed by atoms with E-state index in [4.69, 9.17) is 0 Å². The Bertz CT molecular complexity index is 543. The second-order valence-corrected chi connectivity index (χ2v) is 7.63. The van der Waals surface area contributed by atoms with E-state index < -0.39 is 0 Å². The van der Waals surface area contributed by atoms with Crippen molar-refractivity contribution in [3.05, 3.63) is 63.7 Å². The summed E-state index contributed by atoms with van der Waals surface area (Å²) < 4.78 is 1.26. The maximum absolute atomic E-state index is 3.69. The van der Waals surface area contributed by atoms with Crippen LogP contribution >= 0.6 is 22.6 Å². The smallest absolute Gasteiger partial charge is 0.0518 e. The highest BCUT2D eigenvalue weighted by Crippen LogP contribution is 2.32. The zero-order chi connectivity index (χ0) is 14.6. The van der Waals surface area contributed by atoms with Gasteiger partial charge in [0.15, 0.2) is 0 Å². The van der Waals surface area contributed by atoms with Crippen molar-refractivity contribution in [2.45, 2.75) is 33.2 Å². The van der Waals surface area contributed by atoms with Gasteiger partial charge >= 0.3 is 0 Å². The van der Waals surface area contributed by atoms with Gasteiger partial charge in [-0.3, -0.25) is 0 Å². The van der Waals surface area contributed by atoms with Crippen molar-refractivity contribution in [3.8, 4) is 0 Å². The lowest BCUT2D eigenvalue weighted by Crippen LogP contribution is -2.18. The van der Waals surface area contributed by atoms with Gasteiger partial charge in [-0.05, 0) is 58.2 Å². The summed E-state index contributed by atoms with van der Waals surface area (Å²) in [5.74, 6) is 0. The number of hydrogen-bond acceptors (Lipinski definition) is 1. The maximum atomic E-state index is 3.69. The van der Waals surface area contributed by atoms with Gasteiger partial charge in [0.05, 0.1) is 6.04 Å². The summed E-state index contributed by atoms with van der Waals surface area (Å²) in [6.45, 7) is 6.87. The molecule has 2 heteroatoms. The largest absolute Gasteiger partial charge is 0.378 e. The summed E-state index contributed by atoms with van der Waals surface area (Å²) in [5, 5.41) is 3.69. The van der Waals surface area contributed by atoms with Crippen molar-refractivity contribution in [3.63, 3.8) is 0 Å². The number of anilines is 1. The highest BCUT2D eigenvalue weighted by molar-refractivity contribution is 14.1. The van der Waals surface area contributed by atoms with Gasteiger partial charge in [-0.2, -0.15) is 0 Å².